The van der Waals surface area contributed by atoms with Crippen LogP contribution >= 0.6 is 11.3 Å². The largest absolute Gasteiger partial charge is 0.439 e. The number of carbonyl (C=O) groups is 1. The monoisotopic (exact) mass is 318 g/mol. The Labute approximate surface area is 128 Å². The summed E-state index contributed by atoms with van der Waals surface area (Å²) in [6, 6.07) is 7.44. The topological polar surface area (TPSA) is 90.1 Å². The molecule has 1 aromatic carbocycles. The number of thiazole rings is 1. The van der Waals surface area contributed by atoms with E-state index in [4.69, 9.17) is 10.5 Å². The molecule has 0 spiro atoms. The maximum absolute atomic E-state index is 13.1. The van der Waals surface area contributed by atoms with E-state index in [-0.39, 0.29) is 11.6 Å². The molecule has 0 atom stereocenters. The van der Waals surface area contributed by atoms with Crippen LogP contribution in [0.2, 0.25) is 0 Å². The molecule has 112 valence electrons. The Morgan fingerprint density at radius 3 is 2.86 bits per heavy atom. The Kier molecular flexibility index (Phi) is 3.60. The van der Waals surface area contributed by atoms with Crippen molar-refractivity contribution in [3.05, 3.63) is 36.1 Å². The molecule has 2 heterocycles. The third kappa shape index (κ3) is 2.96. The summed E-state index contributed by atoms with van der Waals surface area (Å²) < 4.78 is 18.7. The number of carbonyl (C=O) groups excluding carboxylic acids is 1. The SMILES string of the molecule is CC(=O)Nc1nc2ccc(Oc3ccc(F)c(N)c3)nc2s1. The smallest absolute Gasteiger partial charge is 0.223 e. The van der Waals surface area contributed by atoms with Crippen LogP contribution in [0.25, 0.3) is 10.3 Å². The number of fused-ring (bicyclic) bond motifs is 1. The Hall–Kier alpha value is -2.74. The Morgan fingerprint density at radius 1 is 1.32 bits per heavy atom. The number of nitrogens with one attached hydrogen (secondary N) is 1. The van der Waals surface area contributed by atoms with Gasteiger partial charge in [-0.05, 0) is 18.2 Å². The zero-order valence-corrected chi connectivity index (χ0v) is 12.3. The van der Waals surface area contributed by atoms with Crippen LogP contribution < -0.4 is 15.8 Å². The summed E-state index contributed by atoms with van der Waals surface area (Å²) in [7, 11) is 0. The molecule has 0 radical (unpaired) electrons. The summed E-state index contributed by atoms with van der Waals surface area (Å²) in [6.07, 6.45) is 0. The van der Waals surface area contributed by atoms with E-state index in [0.29, 0.717) is 27.1 Å². The van der Waals surface area contributed by atoms with Crippen molar-refractivity contribution < 1.29 is 13.9 Å². The van der Waals surface area contributed by atoms with Crippen molar-refractivity contribution in [2.45, 2.75) is 6.92 Å². The van der Waals surface area contributed by atoms with E-state index in [2.05, 4.69) is 15.3 Å². The maximum atomic E-state index is 13.1. The van der Waals surface area contributed by atoms with Crippen molar-refractivity contribution in [2.24, 2.45) is 0 Å². The number of nitrogens with zero attached hydrogens (tertiary/aromatic N) is 2. The molecule has 0 aliphatic heterocycles. The van der Waals surface area contributed by atoms with Gasteiger partial charge in [0.15, 0.2) is 5.13 Å². The number of aromatic nitrogens is 2. The minimum absolute atomic E-state index is 0.00399. The standard InChI is InChI=1S/C14H11FN4O2S/c1-7(20)17-14-18-11-4-5-12(19-13(11)22-14)21-8-2-3-9(15)10(16)6-8/h2-6H,16H2,1H3,(H,17,18,20). The summed E-state index contributed by atoms with van der Waals surface area (Å²) in [5, 5.41) is 3.08. The average Bonchev–Trinajstić information content (AvgIpc) is 2.83. The number of amides is 1. The van der Waals surface area contributed by atoms with E-state index < -0.39 is 5.82 Å². The van der Waals surface area contributed by atoms with E-state index in [1.165, 1.54) is 36.5 Å². The fourth-order valence-corrected chi connectivity index (χ4v) is 2.64. The lowest BCUT2D eigenvalue weighted by atomic mass is 10.3. The molecular formula is C14H11FN4O2S. The molecule has 0 aliphatic rings. The molecule has 3 aromatic rings. The highest BCUT2D eigenvalue weighted by Gasteiger charge is 2.09. The van der Waals surface area contributed by atoms with E-state index in [9.17, 15) is 9.18 Å². The highest BCUT2D eigenvalue weighted by molar-refractivity contribution is 7.21. The highest BCUT2D eigenvalue weighted by atomic mass is 32.1. The minimum Gasteiger partial charge on any atom is -0.439 e. The van der Waals surface area contributed by atoms with Crippen molar-refractivity contribution >= 4 is 38.4 Å². The van der Waals surface area contributed by atoms with Gasteiger partial charge in [0.25, 0.3) is 0 Å². The van der Waals surface area contributed by atoms with Crippen LogP contribution in [-0.4, -0.2) is 15.9 Å². The van der Waals surface area contributed by atoms with Crippen LogP contribution in [0.15, 0.2) is 30.3 Å². The van der Waals surface area contributed by atoms with Gasteiger partial charge >= 0.3 is 0 Å². The highest BCUT2D eigenvalue weighted by Crippen LogP contribution is 2.29. The first-order chi connectivity index (χ1) is 10.5. The number of anilines is 2. The first kappa shape index (κ1) is 14.2. The van der Waals surface area contributed by atoms with Gasteiger partial charge in [0.05, 0.1) is 5.69 Å². The number of benzene rings is 1. The van der Waals surface area contributed by atoms with Crippen molar-refractivity contribution in [1.82, 2.24) is 9.97 Å². The Balaban J connectivity index is 1.87. The normalized spacial score (nSPS) is 10.6. The van der Waals surface area contributed by atoms with Gasteiger partial charge < -0.3 is 15.8 Å². The Bertz CT molecular complexity index is 865. The Morgan fingerprint density at radius 2 is 2.14 bits per heavy atom. The second kappa shape index (κ2) is 5.57. The number of nitrogens with two attached hydrogens (primary N) is 1. The molecule has 0 aliphatic carbocycles. The molecule has 0 fully saturated rings. The van der Waals surface area contributed by atoms with Gasteiger partial charge in [-0.1, -0.05) is 11.3 Å². The van der Waals surface area contributed by atoms with Gasteiger partial charge in [-0.3, -0.25) is 4.79 Å². The number of hydrogen-bond donors (Lipinski definition) is 2. The van der Waals surface area contributed by atoms with Gasteiger partial charge in [-0.25, -0.2) is 14.4 Å². The lowest BCUT2D eigenvalue weighted by Crippen LogP contribution is -2.04. The van der Waals surface area contributed by atoms with E-state index in [0.717, 1.165) is 0 Å². The van der Waals surface area contributed by atoms with E-state index >= 15 is 0 Å². The van der Waals surface area contributed by atoms with E-state index in [1.54, 1.807) is 12.1 Å². The van der Waals surface area contributed by atoms with Crippen LogP contribution in [0, 0.1) is 5.82 Å². The van der Waals surface area contributed by atoms with Crippen LogP contribution in [-0.2, 0) is 4.79 Å². The zero-order chi connectivity index (χ0) is 15.7. The van der Waals surface area contributed by atoms with Crippen molar-refractivity contribution in [2.75, 3.05) is 11.1 Å². The van der Waals surface area contributed by atoms with Crippen molar-refractivity contribution in [3.8, 4) is 11.6 Å². The molecule has 22 heavy (non-hydrogen) atoms. The fraction of sp³-hybridized carbons (Fsp3) is 0.0714. The molecule has 1 amide bonds. The molecule has 0 saturated carbocycles. The molecule has 3 rings (SSSR count). The average molecular weight is 318 g/mol. The third-order valence-corrected chi connectivity index (χ3v) is 3.58. The first-order valence-electron chi connectivity index (χ1n) is 6.29. The van der Waals surface area contributed by atoms with Crippen LogP contribution in [0.3, 0.4) is 0 Å². The third-order valence-electron chi connectivity index (χ3n) is 2.70. The summed E-state index contributed by atoms with van der Waals surface area (Å²) >= 11 is 1.24. The maximum Gasteiger partial charge on any atom is 0.223 e. The fourth-order valence-electron chi connectivity index (χ4n) is 1.77. The second-order valence-corrected chi connectivity index (χ2v) is 5.44. The van der Waals surface area contributed by atoms with Gasteiger partial charge in [0.2, 0.25) is 11.8 Å². The lowest BCUT2D eigenvalue weighted by molar-refractivity contribution is -0.114. The predicted octanol–water partition coefficient (Wildman–Crippen LogP) is 3.16. The zero-order valence-electron chi connectivity index (χ0n) is 11.5. The van der Waals surface area contributed by atoms with Gasteiger partial charge in [0, 0.05) is 19.1 Å². The number of rotatable bonds is 3. The molecule has 8 heteroatoms. The predicted molar refractivity (Wildman–Crippen MR) is 82.6 cm³/mol. The van der Waals surface area contributed by atoms with Crippen LogP contribution in [0.1, 0.15) is 6.92 Å². The lowest BCUT2D eigenvalue weighted by Gasteiger charge is -2.05. The molecular weight excluding hydrogens is 307 g/mol. The molecule has 2 aromatic heterocycles. The summed E-state index contributed by atoms with van der Waals surface area (Å²) in [5.74, 6) is 0.0179. The number of halogens is 1. The number of pyridine rings is 1. The minimum atomic E-state index is -0.502. The van der Waals surface area contributed by atoms with Gasteiger partial charge in [-0.15, -0.1) is 0 Å². The van der Waals surface area contributed by atoms with Crippen molar-refractivity contribution in [1.29, 1.82) is 0 Å². The molecule has 0 saturated heterocycles. The number of nitrogen functional groups attached to an aromatic ring is 1. The first-order valence-corrected chi connectivity index (χ1v) is 7.11. The molecule has 3 N–H and O–H groups in total. The quantitative estimate of drug-likeness (QED) is 0.724. The van der Waals surface area contributed by atoms with Crippen LogP contribution in [0.4, 0.5) is 15.2 Å². The summed E-state index contributed by atoms with van der Waals surface area (Å²) in [5.41, 5.74) is 6.15. The van der Waals surface area contributed by atoms with Gasteiger partial charge in [0.1, 0.15) is 21.9 Å². The number of hydrogen-bond acceptors (Lipinski definition) is 6. The summed E-state index contributed by atoms with van der Waals surface area (Å²) in [6.45, 7) is 1.41. The van der Waals surface area contributed by atoms with E-state index in [1.807, 2.05) is 0 Å². The summed E-state index contributed by atoms with van der Waals surface area (Å²) in [4.78, 5) is 20.2. The number of ether oxygens (including phenoxy) is 1. The second-order valence-electron chi connectivity index (χ2n) is 4.46. The molecule has 0 unspecified atom stereocenters. The van der Waals surface area contributed by atoms with Gasteiger partial charge in [-0.2, -0.15) is 0 Å². The molecule has 0 bridgehead atoms. The van der Waals surface area contributed by atoms with Crippen LogP contribution in [0.5, 0.6) is 11.6 Å². The van der Waals surface area contributed by atoms with Crippen molar-refractivity contribution in [3.63, 3.8) is 0 Å². The molecule has 6 nitrogen and oxygen atoms in total.